The van der Waals surface area contributed by atoms with E-state index in [1.54, 1.807) is 6.26 Å². The minimum Gasteiger partial charge on any atom is -0.468 e. The summed E-state index contributed by atoms with van der Waals surface area (Å²) in [5.74, 6) is 1.02. The molecule has 0 radical (unpaired) electrons. The highest BCUT2D eigenvalue weighted by Crippen LogP contribution is 2.10. The molecule has 1 aromatic carbocycles. The fraction of sp³-hybridized carbons (Fsp3) is 0.500. The van der Waals surface area contributed by atoms with Crippen molar-refractivity contribution >= 4 is 0 Å². The normalized spacial score (nSPS) is 17.9. The maximum absolute atomic E-state index is 10.4. The minimum absolute atomic E-state index is 0.315. The van der Waals surface area contributed by atoms with E-state index in [1.807, 2.05) is 18.2 Å². The lowest BCUT2D eigenvalue weighted by atomic mass is 10.2. The van der Waals surface area contributed by atoms with Gasteiger partial charge in [-0.2, -0.15) is 0 Å². The van der Waals surface area contributed by atoms with E-state index in [9.17, 15) is 5.11 Å². The number of rotatable bonds is 8. The molecule has 0 spiro atoms. The van der Waals surface area contributed by atoms with Gasteiger partial charge in [0, 0.05) is 45.8 Å². The van der Waals surface area contributed by atoms with Crippen LogP contribution in [0, 0.1) is 0 Å². The van der Waals surface area contributed by atoms with Gasteiger partial charge in [0.2, 0.25) is 0 Å². The summed E-state index contributed by atoms with van der Waals surface area (Å²) >= 11 is 0. The number of benzene rings is 1. The van der Waals surface area contributed by atoms with E-state index < -0.39 is 0 Å². The Balaban J connectivity index is 1.35. The highest BCUT2D eigenvalue weighted by Gasteiger charge is 2.20. The molecular formula is C20H29N3O2. The van der Waals surface area contributed by atoms with Crippen molar-refractivity contribution in [3.05, 3.63) is 60.1 Å². The van der Waals surface area contributed by atoms with Gasteiger partial charge in [-0.15, -0.1) is 0 Å². The topological polar surface area (TPSA) is 43.1 Å². The van der Waals surface area contributed by atoms with Crippen LogP contribution < -0.4 is 0 Å². The molecule has 0 bridgehead atoms. The van der Waals surface area contributed by atoms with Crippen LogP contribution >= 0.6 is 0 Å². The maximum atomic E-state index is 10.4. The Morgan fingerprint density at radius 1 is 1.04 bits per heavy atom. The van der Waals surface area contributed by atoms with Gasteiger partial charge in [-0.1, -0.05) is 30.3 Å². The Kier molecular flexibility index (Phi) is 6.64. The first kappa shape index (κ1) is 18.1. The van der Waals surface area contributed by atoms with Gasteiger partial charge in [0.25, 0.3) is 0 Å². The summed E-state index contributed by atoms with van der Waals surface area (Å²) in [6, 6.07) is 14.4. The Hall–Kier alpha value is -1.66. The first-order chi connectivity index (χ1) is 12.2. The summed E-state index contributed by atoms with van der Waals surface area (Å²) in [6.07, 6.45) is 1.42. The molecule has 2 aromatic rings. The molecule has 1 fully saturated rings. The van der Waals surface area contributed by atoms with E-state index in [2.05, 4.69) is 46.0 Å². The number of furan rings is 1. The van der Waals surface area contributed by atoms with Crippen molar-refractivity contribution in [3.63, 3.8) is 0 Å². The van der Waals surface area contributed by atoms with Crippen molar-refractivity contribution in [1.29, 1.82) is 0 Å². The minimum atomic E-state index is -0.315. The molecule has 0 saturated carbocycles. The molecule has 1 aromatic heterocycles. The number of piperazine rings is 1. The molecule has 1 aliphatic rings. The van der Waals surface area contributed by atoms with Crippen LogP contribution in [0.3, 0.4) is 0 Å². The molecule has 25 heavy (non-hydrogen) atoms. The van der Waals surface area contributed by atoms with Crippen LogP contribution in [0.2, 0.25) is 0 Å². The molecule has 5 nitrogen and oxygen atoms in total. The Morgan fingerprint density at radius 2 is 1.76 bits per heavy atom. The van der Waals surface area contributed by atoms with Gasteiger partial charge in [-0.3, -0.25) is 14.7 Å². The molecule has 0 amide bonds. The number of aliphatic hydroxyl groups is 1. The molecule has 3 rings (SSSR count). The van der Waals surface area contributed by atoms with Crippen LogP contribution in [0.5, 0.6) is 0 Å². The van der Waals surface area contributed by atoms with Gasteiger partial charge in [-0.05, 0) is 24.7 Å². The second-order valence-electron chi connectivity index (χ2n) is 6.99. The van der Waals surface area contributed by atoms with Crippen LogP contribution in [-0.4, -0.2) is 72.2 Å². The van der Waals surface area contributed by atoms with Gasteiger partial charge >= 0.3 is 0 Å². The first-order valence-corrected chi connectivity index (χ1v) is 9.06. The number of hydrogen-bond acceptors (Lipinski definition) is 5. The average molecular weight is 343 g/mol. The molecule has 1 atom stereocenters. The zero-order chi connectivity index (χ0) is 17.5. The molecule has 1 unspecified atom stereocenters. The first-order valence-electron chi connectivity index (χ1n) is 9.06. The molecule has 5 heteroatoms. The van der Waals surface area contributed by atoms with Crippen LogP contribution in [-0.2, 0) is 13.1 Å². The highest BCUT2D eigenvalue weighted by molar-refractivity contribution is 5.14. The van der Waals surface area contributed by atoms with Crippen molar-refractivity contribution in [2.24, 2.45) is 0 Å². The monoisotopic (exact) mass is 343 g/mol. The zero-order valence-corrected chi connectivity index (χ0v) is 15.1. The fourth-order valence-corrected chi connectivity index (χ4v) is 3.43. The predicted octanol–water partition coefficient (Wildman–Crippen LogP) is 1.89. The molecular weight excluding hydrogens is 314 g/mol. The third-order valence-corrected chi connectivity index (χ3v) is 4.71. The number of nitrogens with zero attached hydrogens (tertiary/aromatic N) is 3. The van der Waals surface area contributed by atoms with Gasteiger partial charge in [0.15, 0.2) is 0 Å². The number of β-amino-alcohol motifs (C(OH)–C–C–N with tert-alkyl or cyclic N) is 1. The number of aliphatic hydroxyl groups excluding tert-OH is 1. The van der Waals surface area contributed by atoms with Crippen LogP contribution in [0.1, 0.15) is 11.3 Å². The van der Waals surface area contributed by atoms with Crippen LogP contribution in [0.4, 0.5) is 0 Å². The smallest absolute Gasteiger partial charge is 0.117 e. The summed E-state index contributed by atoms with van der Waals surface area (Å²) in [7, 11) is 2.07. The standard InChI is InChI=1S/C20H29N3O2/c1-21(14-18-6-3-2-4-7-18)15-19(24)16-22-9-11-23(12-10-22)17-20-8-5-13-25-20/h2-8,13,19,24H,9-12,14-17H2,1H3. The zero-order valence-electron chi connectivity index (χ0n) is 15.1. The van der Waals surface area contributed by atoms with E-state index in [0.29, 0.717) is 6.54 Å². The van der Waals surface area contributed by atoms with Crippen molar-refractivity contribution in [3.8, 4) is 0 Å². The molecule has 1 aliphatic heterocycles. The Labute approximate surface area is 150 Å². The molecule has 0 aliphatic carbocycles. The van der Waals surface area contributed by atoms with Gasteiger partial charge < -0.3 is 9.52 Å². The lowest BCUT2D eigenvalue weighted by Gasteiger charge is -2.35. The summed E-state index contributed by atoms with van der Waals surface area (Å²) < 4.78 is 5.42. The summed E-state index contributed by atoms with van der Waals surface area (Å²) in [5.41, 5.74) is 1.28. The van der Waals surface area contributed by atoms with E-state index in [0.717, 1.165) is 51.6 Å². The van der Waals surface area contributed by atoms with Crippen LogP contribution in [0.15, 0.2) is 53.1 Å². The fourth-order valence-electron chi connectivity index (χ4n) is 3.43. The second kappa shape index (κ2) is 9.15. The summed E-state index contributed by atoms with van der Waals surface area (Å²) in [5, 5.41) is 10.4. The van der Waals surface area contributed by atoms with E-state index >= 15 is 0 Å². The quantitative estimate of drug-likeness (QED) is 0.793. The number of hydrogen-bond donors (Lipinski definition) is 1. The molecule has 1 N–H and O–H groups in total. The van der Waals surface area contributed by atoms with Crippen molar-refractivity contribution in [1.82, 2.24) is 14.7 Å². The second-order valence-corrected chi connectivity index (χ2v) is 6.99. The van der Waals surface area contributed by atoms with Crippen molar-refractivity contribution in [2.45, 2.75) is 19.2 Å². The van der Waals surface area contributed by atoms with E-state index in [-0.39, 0.29) is 6.10 Å². The highest BCUT2D eigenvalue weighted by atomic mass is 16.3. The molecule has 2 heterocycles. The number of likely N-dealkylation sites (N-methyl/N-ethyl adjacent to an activating group) is 1. The van der Waals surface area contributed by atoms with Gasteiger partial charge in [0.05, 0.1) is 18.9 Å². The lowest BCUT2D eigenvalue weighted by Crippen LogP contribution is -2.49. The lowest BCUT2D eigenvalue weighted by molar-refractivity contribution is 0.0510. The van der Waals surface area contributed by atoms with E-state index in [1.165, 1.54) is 5.56 Å². The Bertz CT molecular complexity index is 595. The predicted molar refractivity (Wildman–Crippen MR) is 99.2 cm³/mol. The molecule has 1 saturated heterocycles. The molecule has 136 valence electrons. The van der Waals surface area contributed by atoms with Gasteiger partial charge in [0.1, 0.15) is 5.76 Å². The summed E-state index contributed by atoms with van der Waals surface area (Å²) in [4.78, 5) is 6.95. The Morgan fingerprint density at radius 3 is 2.44 bits per heavy atom. The van der Waals surface area contributed by atoms with E-state index in [4.69, 9.17) is 4.42 Å². The average Bonchev–Trinajstić information content (AvgIpc) is 3.10. The summed E-state index contributed by atoms with van der Waals surface area (Å²) in [6.45, 7) is 7.23. The van der Waals surface area contributed by atoms with Crippen molar-refractivity contribution in [2.75, 3.05) is 46.3 Å². The van der Waals surface area contributed by atoms with Crippen LogP contribution in [0.25, 0.3) is 0 Å². The maximum Gasteiger partial charge on any atom is 0.117 e. The third kappa shape index (κ3) is 5.97. The van der Waals surface area contributed by atoms with Crippen molar-refractivity contribution < 1.29 is 9.52 Å². The van der Waals surface area contributed by atoms with Gasteiger partial charge in [-0.25, -0.2) is 0 Å². The largest absolute Gasteiger partial charge is 0.468 e. The SMILES string of the molecule is CN(Cc1ccccc1)CC(O)CN1CCN(Cc2ccco2)CC1. The third-order valence-electron chi connectivity index (χ3n) is 4.71.